The van der Waals surface area contributed by atoms with Crippen LogP contribution in [0, 0.1) is 11.7 Å². The van der Waals surface area contributed by atoms with E-state index in [2.05, 4.69) is 15.3 Å². The third-order valence-corrected chi connectivity index (χ3v) is 4.02. The summed E-state index contributed by atoms with van der Waals surface area (Å²) < 4.78 is 12.4. The van der Waals surface area contributed by atoms with Gasteiger partial charge in [-0.3, -0.25) is 9.89 Å². The summed E-state index contributed by atoms with van der Waals surface area (Å²) in [6.07, 6.45) is 1.53. The fourth-order valence-corrected chi connectivity index (χ4v) is 2.50. The van der Waals surface area contributed by atoms with E-state index >= 15 is 0 Å². The van der Waals surface area contributed by atoms with Crippen LogP contribution in [0.1, 0.15) is 16.8 Å². The molecule has 2 aromatic carbocycles. The van der Waals surface area contributed by atoms with Crippen molar-refractivity contribution in [1.82, 2.24) is 14.9 Å². The lowest BCUT2D eigenvalue weighted by Gasteiger charge is -2.11. The molecule has 0 aliphatic carbocycles. The Labute approximate surface area is 160 Å². The van der Waals surface area contributed by atoms with Crippen LogP contribution in [0.5, 0.6) is 11.5 Å². The second-order valence-corrected chi connectivity index (χ2v) is 6.05. The van der Waals surface area contributed by atoms with Crippen LogP contribution >= 0.6 is 12.2 Å². The molecular formula is C19H18N4O3S. The van der Waals surface area contributed by atoms with Crippen LogP contribution < -0.4 is 15.0 Å². The smallest absolute Gasteiger partial charge is 0.296 e. The molecular weight excluding hydrogens is 364 g/mol. The number of aromatic amines is 1. The average molecular weight is 382 g/mol. The number of benzene rings is 2. The van der Waals surface area contributed by atoms with Gasteiger partial charge < -0.3 is 9.47 Å². The van der Waals surface area contributed by atoms with Crippen molar-refractivity contribution in [3.05, 3.63) is 80.5 Å². The topological polar surface area (TPSA) is 81.5 Å². The van der Waals surface area contributed by atoms with E-state index in [1.165, 1.54) is 6.21 Å². The van der Waals surface area contributed by atoms with E-state index in [0.29, 0.717) is 18.1 Å². The Morgan fingerprint density at radius 3 is 2.74 bits per heavy atom. The van der Waals surface area contributed by atoms with Crippen LogP contribution in [0.4, 0.5) is 0 Å². The molecule has 0 saturated carbocycles. The van der Waals surface area contributed by atoms with Gasteiger partial charge >= 0.3 is 0 Å². The fraction of sp³-hybridized carbons (Fsp3) is 0.158. The highest BCUT2D eigenvalue weighted by molar-refractivity contribution is 7.71. The molecule has 7 nitrogen and oxygen atoms in total. The molecule has 0 aliphatic heterocycles. The summed E-state index contributed by atoms with van der Waals surface area (Å²) in [7, 11) is 1.58. The number of H-pyrrole nitrogens is 1. The van der Waals surface area contributed by atoms with E-state index in [-0.39, 0.29) is 16.0 Å². The van der Waals surface area contributed by atoms with Gasteiger partial charge in [0.15, 0.2) is 11.5 Å². The highest BCUT2D eigenvalue weighted by Crippen LogP contribution is 2.28. The predicted molar refractivity (Wildman–Crippen MR) is 105 cm³/mol. The first-order valence-electron chi connectivity index (χ1n) is 8.16. The Morgan fingerprint density at radius 2 is 2.00 bits per heavy atom. The highest BCUT2D eigenvalue weighted by atomic mass is 32.1. The molecule has 0 radical (unpaired) electrons. The number of methoxy groups -OCH3 is 1. The minimum atomic E-state index is -0.371. The second kappa shape index (κ2) is 8.41. The number of ether oxygens (including phenoxy) is 2. The molecule has 0 bridgehead atoms. The first-order chi connectivity index (χ1) is 13.1. The quantitative estimate of drug-likeness (QED) is 0.523. The zero-order valence-electron chi connectivity index (χ0n) is 14.9. The van der Waals surface area contributed by atoms with Gasteiger partial charge in [-0.05, 0) is 48.5 Å². The molecule has 0 saturated heterocycles. The zero-order chi connectivity index (χ0) is 19.2. The van der Waals surface area contributed by atoms with Gasteiger partial charge in [0.05, 0.1) is 13.3 Å². The summed E-state index contributed by atoms with van der Waals surface area (Å²) in [6, 6.07) is 15.2. The summed E-state index contributed by atoms with van der Waals surface area (Å²) in [5, 5.41) is 10.6. The lowest BCUT2D eigenvalue weighted by Crippen LogP contribution is -2.22. The van der Waals surface area contributed by atoms with E-state index < -0.39 is 0 Å². The maximum atomic E-state index is 12.1. The summed E-state index contributed by atoms with van der Waals surface area (Å²) >= 11 is 5.06. The zero-order valence-corrected chi connectivity index (χ0v) is 15.7. The first kappa shape index (κ1) is 18.5. The summed E-state index contributed by atoms with van der Waals surface area (Å²) in [5.74, 6) is 1.19. The van der Waals surface area contributed by atoms with Crippen LogP contribution in [0.15, 0.2) is 58.4 Å². The lowest BCUT2D eigenvalue weighted by atomic mass is 10.2. The molecule has 1 heterocycles. The minimum Gasteiger partial charge on any atom is -0.493 e. The molecule has 3 rings (SSSR count). The Morgan fingerprint density at radius 1 is 1.22 bits per heavy atom. The number of rotatable bonds is 6. The third-order valence-electron chi connectivity index (χ3n) is 3.76. The van der Waals surface area contributed by atoms with E-state index in [1.54, 1.807) is 26.2 Å². The lowest BCUT2D eigenvalue weighted by molar-refractivity contribution is 0.284. The Hall–Kier alpha value is -3.26. The molecule has 1 aromatic heterocycles. The van der Waals surface area contributed by atoms with Crippen molar-refractivity contribution in [2.45, 2.75) is 13.5 Å². The summed E-state index contributed by atoms with van der Waals surface area (Å²) in [4.78, 5) is 12.1. The van der Waals surface area contributed by atoms with E-state index in [9.17, 15) is 4.79 Å². The minimum absolute atomic E-state index is 0.121. The third kappa shape index (κ3) is 4.48. The first-order valence-corrected chi connectivity index (χ1v) is 8.57. The molecule has 0 aliphatic rings. The highest BCUT2D eigenvalue weighted by Gasteiger charge is 2.06. The van der Waals surface area contributed by atoms with Crippen molar-refractivity contribution in [2.24, 2.45) is 5.10 Å². The van der Waals surface area contributed by atoms with Crippen molar-refractivity contribution in [3.8, 4) is 11.5 Å². The molecule has 27 heavy (non-hydrogen) atoms. The number of hydrogen-bond donors (Lipinski definition) is 1. The van der Waals surface area contributed by atoms with Gasteiger partial charge in [0.2, 0.25) is 4.77 Å². The van der Waals surface area contributed by atoms with Gasteiger partial charge in [0, 0.05) is 0 Å². The van der Waals surface area contributed by atoms with Crippen molar-refractivity contribution in [1.29, 1.82) is 0 Å². The van der Waals surface area contributed by atoms with Crippen LogP contribution in [-0.2, 0) is 6.61 Å². The maximum Gasteiger partial charge on any atom is 0.296 e. The Bertz CT molecular complexity index is 1070. The number of nitrogens with one attached hydrogen (secondary N) is 1. The predicted octanol–water partition coefficient (Wildman–Crippen LogP) is 3.08. The second-order valence-electron chi connectivity index (χ2n) is 5.66. The molecule has 138 valence electrons. The van der Waals surface area contributed by atoms with Crippen molar-refractivity contribution >= 4 is 18.4 Å². The van der Waals surface area contributed by atoms with Gasteiger partial charge in [-0.1, -0.05) is 30.3 Å². The largest absolute Gasteiger partial charge is 0.493 e. The fourth-order valence-electron chi connectivity index (χ4n) is 2.32. The van der Waals surface area contributed by atoms with E-state index in [0.717, 1.165) is 15.8 Å². The van der Waals surface area contributed by atoms with Gasteiger partial charge in [-0.25, -0.2) is 0 Å². The van der Waals surface area contributed by atoms with Gasteiger partial charge in [-0.15, -0.1) is 0 Å². The van der Waals surface area contributed by atoms with Crippen LogP contribution in [-0.4, -0.2) is 28.2 Å². The summed E-state index contributed by atoms with van der Waals surface area (Å²) in [6.45, 7) is 1.99. The number of hydrogen-bond acceptors (Lipinski definition) is 6. The molecule has 0 fully saturated rings. The van der Waals surface area contributed by atoms with Gasteiger partial charge in [0.1, 0.15) is 12.3 Å². The number of nitrogens with zero attached hydrogens (tertiary/aromatic N) is 3. The molecule has 0 unspecified atom stereocenters. The Balaban J connectivity index is 1.86. The molecule has 0 amide bonds. The molecule has 0 spiro atoms. The Kier molecular flexibility index (Phi) is 5.77. The normalized spacial score (nSPS) is 10.9. The van der Waals surface area contributed by atoms with Crippen molar-refractivity contribution in [2.75, 3.05) is 7.11 Å². The molecule has 0 atom stereocenters. The van der Waals surface area contributed by atoms with Crippen molar-refractivity contribution < 1.29 is 9.47 Å². The van der Waals surface area contributed by atoms with E-state index in [4.69, 9.17) is 21.7 Å². The number of aromatic nitrogens is 3. The van der Waals surface area contributed by atoms with Crippen LogP contribution in [0.3, 0.4) is 0 Å². The van der Waals surface area contributed by atoms with E-state index in [1.807, 2.05) is 36.4 Å². The number of aryl methyl sites for hydroxylation is 1. The summed E-state index contributed by atoms with van der Waals surface area (Å²) in [5.41, 5.74) is 1.68. The van der Waals surface area contributed by atoms with Gasteiger partial charge in [0.25, 0.3) is 5.56 Å². The van der Waals surface area contributed by atoms with Gasteiger partial charge in [-0.2, -0.15) is 14.9 Å². The van der Waals surface area contributed by atoms with Crippen molar-refractivity contribution in [3.63, 3.8) is 0 Å². The molecule has 8 heteroatoms. The monoisotopic (exact) mass is 382 g/mol. The molecule has 1 N–H and O–H groups in total. The average Bonchev–Trinajstić information content (AvgIpc) is 2.70. The standard InChI is InChI=1S/C19H18N4O3S/c1-13-18(24)23(19(27)22-21-13)20-11-15-8-9-16(25-2)17(10-15)26-12-14-6-4-3-5-7-14/h3-11H,12H2,1-2H3,(H,22,27)/b20-11-. The van der Waals surface area contributed by atoms with Crippen LogP contribution in [0.25, 0.3) is 0 Å². The van der Waals surface area contributed by atoms with Crippen LogP contribution in [0.2, 0.25) is 0 Å². The maximum absolute atomic E-state index is 12.1. The molecule has 3 aromatic rings. The SMILES string of the molecule is COc1ccc(/C=N\n2c(=S)[nH]nc(C)c2=O)cc1OCc1ccccc1.